The summed E-state index contributed by atoms with van der Waals surface area (Å²) in [7, 11) is 1.68. The highest BCUT2D eigenvalue weighted by Gasteiger charge is 2.20. The fourth-order valence-corrected chi connectivity index (χ4v) is 4.17. The minimum absolute atomic E-state index is 0. The van der Waals surface area contributed by atoms with Crippen LogP contribution < -0.4 is 15.8 Å². The normalized spacial score (nSPS) is 14.7. The van der Waals surface area contributed by atoms with E-state index in [1.165, 1.54) is 6.33 Å². The van der Waals surface area contributed by atoms with Gasteiger partial charge in [-0.05, 0) is 60.8 Å². The molecule has 2 aromatic carbocycles. The van der Waals surface area contributed by atoms with Gasteiger partial charge in [0, 0.05) is 12.1 Å². The number of hydrogen-bond acceptors (Lipinski definition) is 6. The van der Waals surface area contributed by atoms with Crippen LogP contribution in [0.1, 0.15) is 12.8 Å². The van der Waals surface area contributed by atoms with Crippen LogP contribution in [0, 0.1) is 5.92 Å². The number of ether oxygens (including phenoxy) is 1. The van der Waals surface area contributed by atoms with Crippen LogP contribution in [0.2, 0.25) is 0 Å². The quantitative estimate of drug-likeness (QED) is 0.519. The Labute approximate surface area is 181 Å². The third-order valence-corrected chi connectivity index (χ3v) is 5.77. The van der Waals surface area contributed by atoms with Gasteiger partial charge in [-0.1, -0.05) is 18.2 Å². The second kappa shape index (κ2) is 8.45. The third-order valence-electron chi connectivity index (χ3n) is 5.77. The summed E-state index contributed by atoms with van der Waals surface area (Å²) in [5.41, 5.74) is 8.92. The highest BCUT2D eigenvalue weighted by atomic mass is 35.5. The van der Waals surface area contributed by atoms with Gasteiger partial charge in [-0.2, -0.15) is 5.10 Å². The van der Waals surface area contributed by atoms with Crippen LogP contribution >= 0.6 is 12.4 Å². The number of hydrogen-bond donors (Lipinski definition) is 2. The molecule has 8 heteroatoms. The zero-order valence-electron chi connectivity index (χ0n) is 16.8. The van der Waals surface area contributed by atoms with Gasteiger partial charge in [0.15, 0.2) is 5.65 Å². The van der Waals surface area contributed by atoms with Crippen molar-refractivity contribution in [3.8, 4) is 17.0 Å². The molecule has 0 bridgehead atoms. The lowest BCUT2D eigenvalue weighted by atomic mass is 9.98. The van der Waals surface area contributed by atoms with Gasteiger partial charge in [-0.25, -0.2) is 14.6 Å². The number of methoxy groups -OCH3 is 1. The van der Waals surface area contributed by atoms with Crippen LogP contribution in [-0.4, -0.2) is 39.9 Å². The van der Waals surface area contributed by atoms with Crippen LogP contribution in [0.5, 0.6) is 5.75 Å². The molecule has 156 valence electrons. The van der Waals surface area contributed by atoms with Gasteiger partial charge in [0.05, 0.1) is 12.5 Å². The monoisotopic (exact) mass is 424 g/mol. The molecule has 5 rings (SSSR count). The molecule has 0 spiro atoms. The lowest BCUT2D eigenvalue weighted by molar-refractivity contribution is 0.325. The standard InChI is InChI=1S/C22H24N6O.ClH/c1-29-18-5-4-15-10-17(3-2-16(15)11-18)20-19-21(23)25-13-26-22(19)28(27-20)12-14-6-8-24-9-7-14;/h2-5,10-11,13-14,24H,6-9,12H2,1H3,(H2,23,25,26);1H. The number of rotatable bonds is 4. The molecule has 0 aliphatic carbocycles. The smallest absolute Gasteiger partial charge is 0.163 e. The molecule has 0 radical (unpaired) electrons. The summed E-state index contributed by atoms with van der Waals surface area (Å²) in [5, 5.41) is 11.4. The maximum Gasteiger partial charge on any atom is 0.163 e. The number of anilines is 1. The minimum atomic E-state index is 0. The van der Waals surface area contributed by atoms with Gasteiger partial charge in [-0.15, -0.1) is 12.4 Å². The molecule has 0 atom stereocenters. The number of piperidine rings is 1. The first-order chi connectivity index (χ1) is 14.2. The predicted molar refractivity (Wildman–Crippen MR) is 122 cm³/mol. The number of fused-ring (bicyclic) bond motifs is 2. The van der Waals surface area contributed by atoms with E-state index in [0.717, 1.165) is 71.3 Å². The Morgan fingerprint density at radius 2 is 1.87 bits per heavy atom. The highest BCUT2D eigenvalue weighted by Crippen LogP contribution is 2.33. The van der Waals surface area contributed by atoms with Crippen molar-refractivity contribution in [2.24, 2.45) is 5.92 Å². The summed E-state index contributed by atoms with van der Waals surface area (Å²) >= 11 is 0. The summed E-state index contributed by atoms with van der Waals surface area (Å²) < 4.78 is 7.34. The Balaban J connectivity index is 0.00000218. The molecule has 3 N–H and O–H groups in total. The van der Waals surface area contributed by atoms with Crippen molar-refractivity contribution < 1.29 is 4.74 Å². The summed E-state index contributed by atoms with van der Waals surface area (Å²) in [6.07, 6.45) is 3.82. The fraction of sp³-hybridized carbons (Fsp3) is 0.318. The molecular formula is C22H25ClN6O. The topological polar surface area (TPSA) is 90.9 Å². The molecular weight excluding hydrogens is 400 g/mol. The molecule has 1 saturated heterocycles. The number of halogens is 1. The number of nitrogens with one attached hydrogen (secondary N) is 1. The van der Waals surface area contributed by atoms with Crippen LogP contribution in [0.15, 0.2) is 42.7 Å². The predicted octanol–water partition coefficient (Wildman–Crippen LogP) is 3.66. The van der Waals surface area contributed by atoms with Crippen LogP contribution in [-0.2, 0) is 6.54 Å². The average molecular weight is 425 g/mol. The average Bonchev–Trinajstić information content (AvgIpc) is 3.13. The van der Waals surface area contributed by atoms with Crippen molar-refractivity contribution in [2.45, 2.75) is 19.4 Å². The molecule has 1 aliphatic rings. The molecule has 30 heavy (non-hydrogen) atoms. The fourth-order valence-electron chi connectivity index (χ4n) is 4.17. The molecule has 2 aromatic heterocycles. The van der Waals surface area contributed by atoms with Gasteiger partial charge < -0.3 is 15.8 Å². The maximum atomic E-state index is 6.26. The molecule has 1 aliphatic heterocycles. The number of benzene rings is 2. The van der Waals surface area contributed by atoms with Crippen molar-refractivity contribution in [2.75, 3.05) is 25.9 Å². The second-order valence-corrected chi connectivity index (χ2v) is 7.61. The number of aromatic nitrogens is 4. The Morgan fingerprint density at radius 1 is 1.10 bits per heavy atom. The van der Waals surface area contributed by atoms with Crippen LogP contribution in [0.3, 0.4) is 0 Å². The van der Waals surface area contributed by atoms with E-state index in [1.54, 1.807) is 7.11 Å². The van der Waals surface area contributed by atoms with E-state index in [9.17, 15) is 0 Å². The summed E-state index contributed by atoms with van der Waals surface area (Å²) in [4.78, 5) is 8.74. The highest BCUT2D eigenvalue weighted by molar-refractivity contribution is 6.00. The summed E-state index contributed by atoms with van der Waals surface area (Å²) in [6, 6.07) is 12.4. The van der Waals surface area contributed by atoms with Crippen LogP contribution in [0.4, 0.5) is 5.82 Å². The third kappa shape index (κ3) is 3.66. The summed E-state index contributed by atoms with van der Waals surface area (Å²) in [6.45, 7) is 2.96. The van der Waals surface area contributed by atoms with E-state index >= 15 is 0 Å². The van der Waals surface area contributed by atoms with Crippen molar-refractivity contribution in [3.63, 3.8) is 0 Å². The number of nitrogen functional groups attached to an aromatic ring is 1. The van der Waals surface area contributed by atoms with Crippen molar-refractivity contribution in [1.29, 1.82) is 0 Å². The Bertz CT molecular complexity index is 1190. The molecule has 7 nitrogen and oxygen atoms in total. The zero-order valence-corrected chi connectivity index (χ0v) is 17.7. The van der Waals surface area contributed by atoms with Gasteiger partial charge >= 0.3 is 0 Å². The molecule has 4 aromatic rings. The summed E-state index contributed by atoms with van der Waals surface area (Å²) in [5.74, 6) is 1.91. The lowest BCUT2D eigenvalue weighted by Crippen LogP contribution is -2.30. The van der Waals surface area contributed by atoms with Gasteiger partial charge in [0.2, 0.25) is 0 Å². The van der Waals surface area contributed by atoms with Crippen molar-refractivity contribution in [1.82, 2.24) is 25.1 Å². The lowest BCUT2D eigenvalue weighted by Gasteiger charge is -2.22. The van der Waals surface area contributed by atoms with E-state index in [2.05, 4.69) is 39.6 Å². The van der Waals surface area contributed by atoms with Crippen LogP contribution in [0.25, 0.3) is 33.1 Å². The SMILES string of the molecule is COc1ccc2cc(-c3nn(CC4CCNCC4)c4ncnc(N)c34)ccc2c1.Cl. The molecule has 0 amide bonds. The molecule has 0 saturated carbocycles. The first-order valence-corrected chi connectivity index (χ1v) is 9.99. The first kappa shape index (κ1) is 20.4. The van der Waals surface area contributed by atoms with E-state index in [1.807, 2.05) is 16.8 Å². The van der Waals surface area contributed by atoms with E-state index < -0.39 is 0 Å². The first-order valence-electron chi connectivity index (χ1n) is 9.99. The zero-order chi connectivity index (χ0) is 19.8. The van der Waals surface area contributed by atoms with E-state index in [4.69, 9.17) is 15.6 Å². The molecule has 0 unspecified atom stereocenters. The van der Waals surface area contributed by atoms with Gasteiger partial charge in [0.25, 0.3) is 0 Å². The van der Waals surface area contributed by atoms with Gasteiger partial charge in [0.1, 0.15) is 23.6 Å². The largest absolute Gasteiger partial charge is 0.497 e. The Morgan fingerprint density at radius 3 is 2.67 bits per heavy atom. The second-order valence-electron chi connectivity index (χ2n) is 7.61. The minimum Gasteiger partial charge on any atom is -0.497 e. The molecule has 3 heterocycles. The molecule has 1 fully saturated rings. The number of nitrogens with zero attached hydrogens (tertiary/aromatic N) is 4. The maximum absolute atomic E-state index is 6.26. The van der Waals surface area contributed by atoms with E-state index in [-0.39, 0.29) is 12.4 Å². The van der Waals surface area contributed by atoms with E-state index in [0.29, 0.717) is 11.7 Å². The van der Waals surface area contributed by atoms with Crippen molar-refractivity contribution in [3.05, 3.63) is 42.7 Å². The van der Waals surface area contributed by atoms with Crippen molar-refractivity contribution >= 4 is 40.0 Å². The Kier molecular flexibility index (Phi) is 5.74. The van der Waals surface area contributed by atoms with Gasteiger partial charge in [-0.3, -0.25) is 0 Å². The number of nitrogens with two attached hydrogens (primary N) is 1. The Hall–Kier alpha value is -2.90.